The van der Waals surface area contributed by atoms with E-state index in [9.17, 15) is 4.79 Å². The maximum Gasteiger partial charge on any atom is 0.242 e. The molecule has 0 saturated carbocycles. The van der Waals surface area contributed by atoms with Gasteiger partial charge in [0.25, 0.3) is 0 Å². The molecule has 1 amide bonds. The number of carbonyl (C=O) groups is 1. The Hall–Kier alpha value is -3.59. The SMILES string of the molecule is O=C(Nc1cnc(-c2cccnc2)cn1)C1CCCN1Cc1nccc2c1OCO2. The third-order valence-corrected chi connectivity index (χ3v) is 5.24. The monoisotopic (exact) mass is 404 g/mol. The van der Waals surface area contributed by atoms with E-state index in [2.05, 4.69) is 30.2 Å². The average molecular weight is 404 g/mol. The van der Waals surface area contributed by atoms with Crippen LogP contribution in [-0.4, -0.2) is 50.1 Å². The third-order valence-electron chi connectivity index (χ3n) is 5.24. The molecule has 2 aliphatic rings. The first kappa shape index (κ1) is 18.4. The summed E-state index contributed by atoms with van der Waals surface area (Å²) in [5, 5.41) is 2.88. The molecule has 3 aromatic heterocycles. The molecule has 2 aliphatic heterocycles. The summed E-state index contributed by atoms with van der Waals surface area (Å²) in [6.45, 7) is 1.54. The number of aromatic nitrogens is 4. The van der Waals surface area contributed by atoms with Gasteiger partial charge >= 0.3 is 0 Å². The van der Waals surface area contributed by atoms with Crippen molar-refractivity contribution in [1.82, 2.24) is 24.8 Å². The van der Waals surface area contributed by atoms with Crippen molar-refractivity contribution in [2.75, 3.05) is 18.7 Å². The lowest BCUT2D eigenvalue weighted by molar-refractivity contribution is -0.120. The van der Waals surface area contributed by atoms with Crippen LogP contribution in [0.5, 0.6) is 11.5 Å². The Labute approximate surface area is 173 Å². The summed E-state index contributed by atoms with van der Waals surface area (Å²) in [7, 11) is 0. The minimum Gasteiger partial charge on any atom is -0.453 e. The number of anilines is 1. The van der Waals surface area contributed by atoms with Crippen LogP contribution in [0.1, 0.15) is 18.5 Å². The average Bonchev–Trinajstić information content (AvgIpc) is 3.45. The number of rotatable bonds is 5. The van der Waals surface area contributed by atoms with Crippen molar-refractivity contribution in [3.63, 3.8) is 0 Å². The van der Waals surface area contributed by atoms with Crippen molar-refractivity contribution in [2.24, 2.45) is 0 Å². The van der Waals surface area contributed by atoms with Crippen LogP contribution >= 0.6 is 0 Å². The second-order valence-corrected chi connectivity index (χ2v) is 7.14. The van der Waals surface area contributed by atoms with Crippen LogP contribution < -0.4 is 14.8 Å². The van der Waals surface area contributed by atoms with Crippen LogP contribution in [0, 0.1) is 0 Å². The molecule has 5 rings (SSSR count). The number of hydrogen-bond acceptors (Lipinski definition) is 8. The molecule has 0 radical (unpaired) electrons. The Bertz CT molecular complexity index is 1040. The largest absolute Gasteiger partial charge is 0.453 e. The van der Waals surface area contributed by atoms with Gasteiger partial charge in [-0.05, 0) is 31.5 Å². The van der Waals surface area contributed by atoms with Gasteiger partial charge in [0.15, 0.2) is 17.3 Å². The Morgan fingerprint density at radius 2 is 2.10 bits per heavy atom. The smallest absolute Gasteiger partial charge is 0.242 e. The first-order chi connectivity index (χ1) is 14.8. The number of ether oxygens (including phenoxy) is 2. The second-order valence-electron chi connectivity index (χ2n) is 7.14. The number of fused-ring (bicyclic) bond motifs is 1. The Morgan fingerprint density at radius 1 is 1.13 bits per heavy atom. The molecule has 9 heteroatoms. The van der Waals surface area contributed by atoms with E-state index < -0.39 is 0 Å². The molecule has 1 N–H and O–H groups in total. The molecule has 1 fully saturated rings. The zero-order valence-corrected chi connectivity index (χ0v) is 16.2. The predicted molar refractivity (Wildman–Crippen MR) is 108 cm³/mol. The molecule has 3 aromatic rings. The van der Waals surface area contributed by atoms with Gasteiger partial charge in [-0.25, -0.2) is 4.98 Å². The first-order valence-corrected chi connectivity index (χ1v) is 9.79. The lowest BCUT2D eigenvalue weighted by Gasteiger charge is -2.23. The molecule has 1 atom stereocenters. The highest BCUT2D eigenvalue weighted by atomic mass is 16.7. The van der Waals surface area contributed by atoms with Gasteiger partial charge in [0.05, 0.1) is 24.1 Å². The highest BCUT2D eigenvalue weighted by Crippen LogP contribution is 2.35. The van der Waals surface area contributed by atoms with Crippen molar-refractivity contribution in [3.05, 3.63) is 54.9 Å². The van der Waals surface area contributed by atoms with E-state index >= 15 is 0 Å². The van der Waals surface area contributed by atoms with Crippen molar-refractivity contribution in [3.8, 4) is 22.8 Å². The van der Waals surface area contributed by atoms with Crippen LogP contribution in [0.2, 0.25) is 0 Å². The number of hydrogen-bond donors (Lipinski definition) is 1. The lowest BCUT2D eigenvalue weighted by atomic mass is 10.2. The summed E-state index contributed by atoms with van der Waals surface area (Å²) in [5.74, 6) is 1.69. The van der Waals surface area contributed by atoms with Crippen LogP contribution in [0.15, 0.2) is 49.2 Å². The summed E-state index contributed by atoms with van der Waals surface area (Å²) >= 11 is 0. The van der Waals surface area contributed by atoms with E-state index in [-0.39, 0.29) is 18.7 Å². The first-order valence-electron chi connectivity index (χ1n) is 9.79. The minimum absolute atomic E-state index is 0.0966. The minimum atomic E-state index is -0.259. The maximum atomic E-state index is 12.9. The molecule has 0 spiro atoms. The van der Waals surface area contributed by atoms with Crippen molar-refractivity contribution in [1.29, 1.82) is 0 Å². The third kappa shape index (κ3) is 3.67. The van der Waals surface area contributed by atoms with Crippen LogP contribution in [0.3, 0.4) is 0 Å². The molecular formula is C21H20N6O3. The Kier molecular flexibility index (Phi) is 4.94. The molecule has 0 aromatic carbocycles. The summed E-state index contributed by atoms with van der Waals surface area (Å²) in [5.41, 5.74) is 2.36. The van der Waals surface area contributed by atoms with Gasteiger partial charge in [0.1, 0.15) is 5.69 Å². The lowest BCUT2D eigenvalue weighted by Crippen LogP contribution is -2.39. The standard InChI is InChI=1S/C21H20N6O3/c28-21(26-19-11-24-15(10-25-19)14-3-1-6-22-9-14)17-4-2-8-27(17)12-16-20-18(5-7-23-16)29-13-30-20/h1,3,5-7,9-11,17H,2,4,8,12-13H2,(H,25,26,28). The van der Waals surface area contributed by atoms with Gasteiger partial charge in [-0.1, -0.05) is 0 Å². The van der Waals surface area contributed by atoms with E-state index in [4.69, 9.17) is 9.47 Å². The fourth-order valence-corrected chi connectivity index (χ4v) is 3.77. The van der Waals surface area contributed by atoms with E-state index in [1.54, 1.807) is 37.1 Å². The number of amides is 1. The fourth-order valence-electron chi connectivity index (χ4n) is 3.77. The van der Waals surface area contributed by atoms with Crippen LogP contribution in [0.4, 0.5) is 5.82 Å². The van der Waals surface area contributed by atoms with Gasteiger partial charge in [-0.3, -0.25) is 24.6 Å². The highest BCUT2D eigenvalue weighted by molar-refractivity contribution is 5.94. The fraction of sp³-hybridized carbons (Fsp3) is 0.286. The molecular weight excluding hydrogens is 384 g/mol. The van der Waals surface area contributed by atoms with E-state index in [0.29, 0.717) is 29.6 Å². The topological polar surface area (TPSA) is 102 Å². The molecule has 30 heavy (non-hydrogen) atoms. The molecule has 152 valence electrons. The summed E-state index contributed by atoms with van der Waals surface area (Å²) in [6.07, 6.45) is 10.0. The summed E-state index contributed by atoms with van der Waals surface area (Å²) in [4.78, 5) is 32.2. The highest BCUT2D eigenvalue weighted by Gasteiger charge is 2.32. The van der Waals surface area contributed by atoms with Gasteiger partial charge in [-0.15, -0.1) is 0 Å². The summed E-state index contributed by atoms with van der Waals surface area (Å²) in [6, 6.07) is 5.28. The zero-order chi connectivity index (χ0) is 20.3. The van der Waals surface area contributed by atoms with Gasteiger partial charge in [-0.2, -0.15) is 0 Å². The number of pyridine rings is 2. The molecule has 0 aliphatic carbocycles. The molecule has 1 unspecified atom stereocenters. The normalized spacial score (nSPS) is 17.8. The van der Waals surface area contributed by atoms with E-state index in [1.807, 2.05) is 12.1 Å². The molecule has 9 nitrogen and oxygen atoms in total. The van der Waals surface area contributed by atoms with E-state index in [1.165, 1.54) is 0 Å². The van der Waals surface area contributed by atoms with Crippen molar-refractivity contribution in [2.45, 2.75) is 25.4 Å². The molecule has 1 saturated heterocycles. The number of nitrogens with zero attached hydrogens (tertiary/aromatic N) is 5. The van der Waals surface area contributed by atoms with Crippen molar-refractivity contribution < 1.29 is 14.3 Å². The van der Waals surface area contributed by atoms with Gasteiger partial charge in [0, 0.05) is 36.8 Å². The molecule has 5 heterocycles. The van der Waals surface area contributed by atoms with Crippen molar-refractivity contribution >= 4 is 11.7 Å². The number of likely N-dealkylation sites (tertiary alicyclic amines) is 1. The van der Waals surface area contributed by atoms with Crippen LogP contribution in [0.25, 0.3) is 11.3 Å². The second kappa shape index (κ2) is 8.03. The van der Waals surface area contributed by atoms with E-state index in [0.717, 1.165) is 30.6 Å². The number of nitrogens with one attached hydrogen (secondary N) is 1. The number of carbonyl (C=O) groups excluding carboxylic acids is 1. The maximum absolute atomic E-state index is 12.9. The summed E-state index contributed by atoms with van der Waals surface area (Å²) < 4.78 is 11.0. The Balaban J connectivity index is 1.26. The predicted octanol–water partition coefficient (Wildman–Crippen LogP) is 2.27. The quantitative estimate of drug-likeness (QED) is 0.691. The van der Waals surface area contributed by atoms with Gasteiger partial charge < -0.3 is 14.8 Å². The molecule has 0 bridgehead atoms. The zero-order valence-electron chi connectivity index (χ0n) is 16.2. The Morgan fingerprint density at radius 3 is 2.93 bits per heavy atom. The van der Waals surface area contributed by atoms with Crippen LogP contribution in [-0.2, 0) is 11.3 Å². The van der Waals surface area contributed by atoms with Gasteiger partial charge in [0.2, 0.25) is 12.7 Å².